The van der Waals surface area contributed by atoms with E-state index in [2.05, 4.69) is 31.2 Å². The van der Waals surface area contributed by atoms with E-state index in [4.69, 9.17) is 4.52 Å². The van der Waals surface area contributed by atoms with Gasteiger partial charge in [-0.1, -0.05) is 69.6 Å². The predicted molar refractivity (Wildman–Crippen MR) is 119 cm³/mol. The van der Waals surface area contributed by atoms with Gasteiger partial charge >= 0.3 is 0 Å². The quantitative estimate of drug-likeness (QED) is 0.372. The first kappa shape index (κ1) is 18.4. The Labute approximate surface area is 179 Å². The van der Waals surface area contributed by atoms with Gasteiger partial charge in [-0.2, -0.15) is 14.8 Å². The summed E-state index contributed by atoms with van der Waals surface area (Å²) in [7, 11) is 0. The third-order valence-electron chi connectivity index (χ3n) is 4.89. The van der Waals surface area contributed by atoms with E-state index < -0.39 is 0 Å². The van der Waals surface area contributed by atoms with Crippen molar-refractivity contribution in [1.82, 2.24) is 19.9 Å². The maximum absolute atomic E-state index is 13.2. The summed E-state index contributed by atoms with van der Waals surface area (Å²) in [5.74, 6) is 0.691. The largest absolute Gasteiger partial charge is 0.332 e. The van der Waals surface area contributed by atoms with E-state index >= 15 is 0 Å². The average Bonchev–Trinajstić information content (AvgIpc) is 3.25. The van der Waals surface area contributed by atoms with Crippen LogP contribution in [0.25, 0.3) is 39.4 Å². The highest BCUT2D eigenvalue weighted by molar-refractivity contribution is 9.10. The number of rotatable bonds is 3. The van der Waals surface area contributed by atoms with Gasteiger partial charge in [0.1, 0.15) is 0 Å². The molecule has 0 amide bonds. The zero-order valence-corrected chi connectivity index (χ0v) is 17.5. The number of nitrogens with zero attached hydrogens (tertiary/aromatic N) is 4. The average molecular weight is 459 g/mol. The van der Waals surface area contributed by atoms with Gasteiger partial charge in [0.2, 0.25) is 5.82 Å². The monoisotopic (exact) mass is 458 g/mol. The van der Waals surface area contributed by atoms with Crippen LogP contribution in [0.4, 0.5) is 0 Å². The zero-order chi connectivity index (χ0) is 20.7. The summed E-state index contributed by atoms with van der Waals surface area (Å²) in [6, 6.07) is 22.5. The van der Waals surface area contributed by atoms with E-state index in [0.717, 1.165) is 15.6 Å². The predicted octanol–water partition coefficient (Wildman–Crippen LogP) is 5.17. The Bertz CT molecular complexity index is 1460. The fraction of sp³-hybridized carbons (Fsp3) is 0.0435. The van der Waals surface area contributed by atoms with Crippen LogP contribution >= 0.6 is 15.9 Å². The molecule has 0 fully saturated rings. The minimum atomic E-state index is -0.200. The molecule has 2 aromatic heterocycles. The number of hydrogen-bond donors (Lipinski definition) is 0. The van der Waals surface area contributed by atoms with Gasteiger partial charge < -0.3 is 4.52 Å². The van der Waals surface area contributed by atoms with Gasteiger partial charge in [0, 0.05) is 15.4 Å². The molecular weight excluding hydrogens is 444 g/mol. The highest BCUT2D eigenvalue weighted by Crippen LogP contribution is 2.29. The van der Waals surface area contributed by atoms with Crippen LogP contribution in [0.2, 0.25) is 0 Å². The number of fused-ring (bicyclic) bond motifs is 1. The summed E-state index contributed by atoms with van der Waals surface area (Å²) < 4.78 is 7.83. The molecule has 0 atom stereocenters. The number of aryl methyl sites for hydroxylation is 1. The second-order valence-corrected chi connectivity index (χ2v) is 7.65. The number of halogens is 1. The summed E-state index contributed by atoms with van der Waals surface area (Å²) in [6.07, 6.45) is 0. The molecule has 146 valence electrons. The van der Waals surface area contributed by atoms with Crippen molar-refractivity contribution in [1.29, 1.82) is 0 Å². The highest BCUT2D eigenvalue weighted by Gasteiger charge is 2.20. The molecule has 0 unspecified atom stereocenters. The van der Waals surface area contributed by atoms with E-state index in [0.29, 0.717) is 28.0 Å². The summed E-state index contributed by atoms with van der Waals surface area (Å²) in [6.45, 7) is 1.94. The van der Waals surface area contributed by atoms with Crippen LogP contribution < -0.4 is 5.56 Å². The second kappa shape index (κ2) is 7.35. The Morgan fingerprint density at radius 1 is 0.900 bits per heavy atom. The van der Waals surface area contributed by atoms with Gasteiger partial charge in [0.05, 0.1) is 11.1 Å². The van der Waals surface area contributed by atoms with Gasteiger partial charge in [0.25, 0.3) is 11.4 Å². The lowest BCUT2D eigenvalue weighted by atomic mass is 10.1. The van der Waals surface area contributed by atoms with Crippen molar-refractivity contribution in [3.63, 3.8) is 0 Å². The first-order valence-electron chi connectivity index (χ1n) is 9.30. The maximum Gasteiger partial charge on any atom is 0.279 e. The number of hydrogen-bond acceptors (Lipinski definition) is 5. The van der Waals surface area contributed by atoms with Crippen LogP contribution in [0.5, 0.6) is 0 Å². The third kappa shape index (κ3) is 3.04. The van der Waals surface area contributed by atoms with Gasteiger partial charge in [-0.25, -0.2) is 0 Å². The van der Waals surface area contributed by atoms with Crippen LogP contribution in [0.3, 0.4) is 0 Å². The molecule has 0 radical (unpaired) electrons. The summed E-state index contributed by atoms with van der Waals surface area (Å²) in [5, 5.41) is 9.95. The summed E-state index contributed by atoms with van der Waals surface area (Å²) in [4.78, 5) is 17.7. The Morgan fingerprint density at radius 2 is 1.60 bits per heavy atom. The number of benzene rings is 3. The first-order chi connectivity index (χ1) is 14.6. The van der Waals surface area contributed by atoms with Crippen LogP contribution in [0.15, 0.2) is 86.6 Å². The van der Waals surface area contributed by atoms with Crippen molar-refractivity contribution < 1.29 is 4.52 Å². The molecule has 0 saturated heterocycles. The van der Waals surface area contributed by atoms with Crippen molar-refractivity contribution in [3.8, 4) is 28.7 Å². The highest BCUT2D eigenvalue weighted by atomic mass is 79.9. The SMILES string of the molecule is Cc1ccccc1-n1nc(-c2nc(-c3ccccc3Br)no2)c2ccccc2c1=O. The van der Waals surface area contributed by atoms with Gasteiger partial charge in [-0.15, -0.1) is 0 Å². The smallest absolute Gasteiger partial charge is 0.279 e. The second-order valence-electron chi connectivity index (χ2n) is 6.80. The maximum atomic E-state index is 13.2. The molecule has 30 heavy (non-hydrogen) atoms. The summed E-state index contributed by atoms with van der Waals surface area (Å²) >= 11 is 3.52. The molecule has 5 rings (SSSR count). The summed E-state index contributed by atoms with van der Waals surface area (Å²) in [5.41, 5.74) is 2.71. The van der Waals surface area contributed by atoms with Crippen LogP contribution in [0, 0.1) is 6.92 Å². The lowest BCUT2D eigenvalue weighted by molar-refractivity contribution is 0.430. The van der Waals surface area contributed by atoms with E-state index in [9.17, 15) is 4.79 Å². The minimum Gasteiger partial charge on any atom is -0.332 e. The zero-order valence-electron chi connectivity index (χ0n) is 15.9. The molecule has 0 spiro atoms. The molecule has 0 saturated carbocycles. The van der Waals surface area contributed by atoms with Crippen LogP contribution in [0.1, 0.15) is 5.56 Å². The van der Waals surface area contributed by atoms with Crippen molar-refractivity contribution in [3.05, 3.63) is 93.2 Å². The van der Waals surface area contributed by atoms with E-state index in [1.54, 1.807) is 6.07 Å². The molecule has 0 aliphatic heterocycles. The first-order valence-corrected chi connectivity index (χ1v) is 10.1. The molecule has 0 N–H and O–H groups in total. The molecule has 6 nitrogen and oxygen atoms in total. The minimum absolute atomic E-state index is 0.200. The normalized spacial score (nSPS) is 11.1. The molecule has 0 bridgehead atoms. The molecule has 3 aromatic carbocycles. The third-order valence-corrected chi connectivity index (χ3v) is 5.58. The standard InChI is InChI=1S/C23H15BrN4O2/c1-14-8-2-7-13-19(14)28-23(29)16-10-4-3-9-15(16)20(26-28)22-25-21(27-30-22)17-11-5-6-12-18(17)24/h2-13H,1H3. The van der Waals surface area contributed by atoms with Crippen LogP contribution in [-0.2, 0) is 0 Å². The molecule has 0 aliphatic rings. The van der Waals surface area contributed by atoms with Crippen molar-refractivity contribution in [2.75, 3.05) is 0 Å². The number of para-hydroxylation sites is 1. The Hall–Kier alpha value is -3.58. The lowest BCUT2D eigenvalue weighted by Crippen LogP contribution is -2.23. The fourth-order valence-electron chi connectivity index (χ4n) is 3.38. The van der Waals surface area contributed by atoms with Crippen molar-refractivity contribution >= 4 is 26.7 Å². The Kier molecular flexibility index (Phi) is 4.52. The van der Waals surface area contributed by atoms with E-state index in [1.807, 2.05) is 73.7 Å². The molecule has 7 heteroatoms. The number of aromatic nitrogens is 4. The van der Waals surface area contributed by atoms with E-state index in [1.165, 1.54) is 4.68 Å². The van der Waals surface area contributed by atoms with Crippen LogP contribution in [-0.4, -0.2) is 19.9 Å². The molecule has 5 aromatic rings. The van der Waals surface area contributed by atoms with E-state index in [-0.39, 0.29) is 11.4 Å². The molecule has 0 aliphatic carbocycles. The van der Waals surface area contributed by atoms with Gasteiger partial charge in [0.15, 0.2) is 5.69 Å². The van der Waals surface area contributed by atoms with Gasteiger partial charge in [-0.05, 0) is 36.8 Å². The Morgan fingerprint density at radius 3 is 2.40 bits per heavy atom. The fourth-order valence-corrected chi connectivity index (χ4v) is 3.85. The lowest BCUT2D eigenvalue weighted by Gasteiger charge is -2.11. The van der Waals surface area contributed by atoms with Crippen molar-refractivity contribution in [2.24, 2.45) is 0 Å². The molecular formula is C23H15BrN4O2. The van der Waals surface area contributed by atoms with Gasteiger partial charge in [-0.3, -0.25) is 4.79 Å². The molecule has 2 heterocycles. The van der Waals surface area contributed by atoms with Crippen molar-refractivity contribution in [2.45, 2.75) is 6.92 Å². The topological polar surface area (TPSA) is 73.8 Å². The Balaban J connectivity index is 1.76.